The largest absolute Gasteiger partial charge is 0.507 e. The molecule has 0 aromatic heterocycles. The van der Waals surface area contributed by atoms with E-state index in [1.807, 2.05) is 19.9 Å². The Labute approximate surface area is 206 Å². The van der Waals surface area contributed by atoms with Gasteiger partial charge in [0.05, 0.1) is 12.7 Å². The zero-order valence-corrected chi connectivity index (χ0v) is 19.9. The van der Waals surface area contributed by atoms with Crippen LogP contribution in [0, 0.1) is 0 Å². The highest BCUT2D eigenvalue weighted by Gasteiger charge is 2.33. The minimum atomic E-state index is -4.58. The summed E-state index contributed by atoms with van der Waals surface area (Å²) < 4.78 is 45.9. The molecule has 0 atom stereocenters. The van der Waals surface area contributed by atoms with E-state index in [-0.39, 0.29) is 34.4 Å². The predicted molar refractivity (Wildman–Crippen MR) is 130 cm³/mol. The number of methoxy groups -OCH3 is 1. The summed E-state index contributed by atoms with van der Waals surface area (Å²) >= 11 is 0. The number of carbonyl (C=O) groups excluding carboxylic acids is 1. The number of ether oxygens (including phenoxy) is 1. The number of hydrogen-bond donors (Lipinski definition) is 2. The second kappa shape index (κ2) is 10.7. The maximum Gasteiger partial charge on any atom is 0.417 e. The van der Waals surface area contributed by atoms with Gasteiger partial charge in [0.2, 0.25) is 0 Å². The number of carboxylic acid groups (broad SMARTS) is 1. The first-order valence-corrected chi connectivity index (χ1v) is 11.0. The lowest BCUT2D eigenvalue weighted by Crippen LogP contribution is -2.13. The van der Waals surface area contributed by atoms with Gasteiger partial charge in [-0.15, -0.1) is 0 Å². The van der Waals surface area contributed by atoms with E-state index in [9.17, 15) is 33.0 Å². The first-order chi connectivity index (χ1) is 16.9. The maximum absolute atomic E-state index is 13.5. The van der Waals surface area contributed by atoms with Crippen molar-refractivity contribution in [2.75, 3.05) is 7.11 Å². The van der Waals surface area contributed by atoms with Crippen molar-refractivity contribution in [3.05, 3.63) is 94.1 Å². The third-order valence-corrected chi connectivity index (χ3v) is 5.70. The molecule has 0 fully saturated rings. The normalized spacial score (nSPS) is 11.2. The number of ketones is 1. The number of aromatic carboxylic acids is 1. The highest BCUT2D eigenvalue weighted by Crippen LogP contribution is 2.38. The third kappa shape index (κ3) is 5.76. The zero-order chi connectivity index (χ0) is 26.6. The molecule has 0 bridgehead atoms. The Morgan fingerprint density at radius 3 is 2.31 bits per heavy atom. The fourth-order valence-electron chi connectivity index (χ4n) is 3.99. The van der Waals surface area contributed by atoms with Crippen molar-refractivity contribution >= 4 is 11.8 Å². The van der Waals surface area contributed by atoms with Crippen LogP contribution in [0.5, 0.6) is 11.5 Å². The number of phenols is 1. The van der Waals surface area contributed by atoms with E-state index in [4.69, 9.17) is 4.74 Å². The lowest BCUT2D eigenvalue weighted by Gasteiger charge is -2.17. The maximum atomic E-state index is 13.5. The first kappa shape index (κ1) is 26.5. The van der Waals surface area contributed by atoms with Gasteiger partial charge in [-0.05, 0) is 49.1 Å². The highest BCUT2D eigenvalue weighted by atomic mass is 19.4. The van der Waals surface area contributed by atoms with E-state index in [0.29, 0.717) is 5.56 Å². The topological polar surface area (TPSA) is 83.8 Å². The number of carbonyl (C=O) groups is 2. The number of alkyl halides is 3. The van der Waals surface area contributed by atoms with Crippen LogP contribution in [-0.4, -0.2) is 29.1 Å². The van der Waals surface area contributed by atoms with Gasteiger partial charge in [0.15, 0.2) is 5.78 Å². The first-order valence-electron chi connectivity index (χ1n) is 11.0. The number of hydrogen-bond acceptors (Lipinski definition) is 4. The fourth-order valence-corrected chi connectivity index (χ4v) is 3.99. The molecule has 5 nitrogen and oxygen atoms in total. The van der Waals surface area contributed by atoms with Crippen molar-refractivity contribution in [3.8, 4) is 22.6 Å². The van der Waals surface area contributed by atoms with Crippen molar-refractivity contribution in [1.82, 2.24) is 0 Å². The third-order valence-electron chi connectivity index (χ3n) is 5.70. The quantitative estimate of drug-likeness (QED) is 0.266. The van der Waals surface area contributed by atoms with Gasteiger partial charge < -0.3 is 14.9 Å². The summed E-state index contributed by atoms with van der Waals surface area (Å²) in [4.78, 5) is 25.3. The van der Waals surface area contributed by atoms with Gasteiger partial charge in [0, 0.05) is 23.6 Å². The van der Waals surface area contributed by atoms with Crippen molar-refractivity contribution in [2.45, 2.75) is 32.9 Å². The van der Waals surface area contributed by atoms with Gasteiger partial charge in [-0.1, -0.05) is 48.0 Å². The molecule has 8 heteroatoms. The van der Waals surface area contributed by atoms with E-state index in [2.05, 4.69) is 0 Å². The van der Waals surface area contributed by atoms with Crippen molar-refractivity contribution < 1.29 is 37.7 Å². The van der Waals surface area contributed by atoms with Crippen LogP contribution in [0.25, 0.3) is 11.1 Å². The average molecular weight is 498 g/mol. The standard InChI is InChI=1S/C28H25F3O5/c1-16(2)11-12-20-21(26(27(34)35)24(33)15-25(20)36-3)14-23(32)18-8-6-7-17(13-18)19-9-4-5-10-22(19)28(29,30)31/h4-11,13,15,33H,12,14H2,1-3H3,(H,34,35). The average Bonchev–Trinajstić information content (AvgIpc) is 2.82. The number of rotatable bonds is 8. The van der Waals surface area contributed by atoms with Crippen LogP contribution >= 0.6 is 0 Å². The molecule has 0 unspecified atom stereocenters. The predicted octanol–water partition coefficient (Wildman–Crippen LogP) is 6.72. The minimum absolute atomic E-state index is 0.0749. The molecule has 3 rings (SSSR count). The van der Waals surface area contributed by atoms with Crippen LogP contribution in [0.4, 0.5) is 13.2 Å². The summed E-state index contributed by atoms with van der Waals surface area (Å²) in [7, 11) is 1.37. The molecule has 0 aliphatic rings. The van der Waals surface area contributed by atoms with Crippen LogP contribution in [0.3, 0.4) is 0 Å². The van der Waals surface area contributed by atoms with E-state index in [1.165, 1.54) is 55.6 Å². The smallest absolute Gasteiger partial charge is 0.417 e. The van der Waals surface area contributed by atoms with E-state index in [0.717, 1.165) is 11.6 Å². The molecule has 0 aliphatic carbocycles. The molecular weight excluding hydrogens is 473 g/mol. The minimum Gasteiger partial charge on any atom is -0.507 e. The van der Waals surface area contributed by atoms with Gasteiger partial charge in [-0.3, -0.25) is 4.79 Å². The van der Waals surface area contributed by atoms with E-state index >= 15 is 0 Å². The monoisotopic (exact) mass is 498 g/mol. The molecule has 0 saturated heterocycles. The van der Waals surface area contributed by atoms with Crippen LogP contribution in [0.15, 0.2) is 66.2 Å². The molecule has 0 saturated carbocycles. The van der Waals surface area contributed by atoms with Crippen LogP contribution in [-0.2, 0) is 19.0 Å². The number of aromatic hydroxyl groups is 1. The Kier molecular flexibility index (Phi) is 7.87. The second-order valence-electron chi connectivity index (χ2n) is 8.44. The molecule has 0 heterocycles. The number of carboxylic acids is 1. The summed E-state index contributed by atoms with van der Waals surface area (Å²) in [5.41, 5.74) is 0.458. The Hall–Kier alpha value is -4.07. The Morgan fingerprint density at radius 2 is 1.69 bits per heavy atom. The van der Waals surface area contributed by atoms with Crippen molar-refractivity contribution in [3.63, 3.8) is 0 Å². The molecular formula is C28H25F3O5. The number of allylic oxidation sites excluding steroid dienone is 2. The van der Waals surface area contributed by atoms with Gasteiger partial charge in [0.1, 0.15) is 17.1 Å². The Balaban J connectivity index is 2.10. The second-order valence-corrected chi connectivity index (χ2v) is 8.44. The zero-order valence-electron chi connectivity index (χ0n) is 19.9. The van der Waals surface area contributed by atoms with Crippen molar-refractivity contribution in [1.29, 1.82) is 0 Å². The van der Waals surface area contributed by atoms with Crippen LogP contribution in [0.1, 0.15) is 51.3 Å². The molecule has 0 aliphatic heterocycles. The molecule has 2 N–H and O–H groups in total. The molecule has 3 aromatic rings. The SMILES string of the molecule is COc1cc(O)c(C(=O)O)c(CC(=O)c2cccc(-c3ccccc3C(F)(F)F)c2)c1CC=C(C)C. The number of halogens is 3. The molecule has 3 aromatic carbocycles. The van der Waals surface area contributed by atoms with Crippen molar-refractivity contribution in [2.24, 2.45) is 0 Å². The summed E-state index contributed by atoms with van der Waals surface area (Å²) in [6.45, 7) is 3.72. The lowest BCUT2D eigenvalue weighted by molar-refractivity contribution is -0.137. The lowest BCUT2D eigenvalue weighted by atomic mass is 9.90. The number of Topliss-reactive ketones (excluding diaryl/α,β-unsaturated/α-hetero) is 1. The number of benzene rings is 3. The van der Waals surface area contributed by atoms with Gasteiger partial charge in [-0.2, -0.15) is 13.2 Å². The van der Waals surface area contributed by atoms with Gasteiger partial charge >= 0.3 is 12.1 Å². The van der Waals surface area contributed by atoms with Gasteiger partial charge in [0.25, 0.3) is 0 Å². The molecule has 0 spiro atoms. The van der Waals surface area contributed by atoms with E-state index < -0.39 is 41.2 Å². The fraction of sp³-hybridized carbons (Fsp3) is 0.214. The highest BCUT2D eigenvalue weighted by molar-refractivity contribution is 6.02. The molecule has 0 amide bonds. The summed E-state index contributed by atoms with van der Waals surface area (Å²) in [6, 6.07) is 12.0. The Bertz CT molecular complexity index is 1340. The van der Waals surface area contributed by atoms with Crippen LogP contribution in [0.2, 0.25) is 0 Å². The Morgan fingerprint density at radius 1 is 1.00 bits per heavy atom. The van der Waals surface area contributed by atoms with E-state index in [1.54, 1.807) is 0 Å². The van der Waals surface area contributed by atoms with Gasteiger partial charge in [-0.25, -0.2) is 4.79 Å². The summed E-state index contributed by atoms with van der Waals surface area (Å²) in [5.74, 6) is -2.25. The molecule has 188 valence electrons. The summed E-state index contributed by atoms with van der Waals surface area (Å²) in [6.07, 6.45) is -2.88. The summed E-state index contributed by atoms with van der Waals surface area (Å²) in [5, 5.41) is 20.1. The molecule has 0 radical (unpaired) electrons. The van der Waals surface area contributed by atoms with Crippen LogP contribution < -0.4 is 4.74 Å². The molecule has 36 heavy (non-hydrogen) atoms.